The van der Waals surface area contributed by atoms with E-state index in [0.717, 1.165) is 32.5 Å². The maximum Gasteiger partial charge on any atom is 0.0528 e. The number of rotatable bonds is 6. The van der Waals surface area contributed by atoms with Gasteiger partial charge in [-0.2, -0.15) is 0 Å². The van der Waals surface area contributed by atoms with E-state index in [-0.39, 0.29) is 6.10 Å². The van der Waals surface area contributed by atoms with Crippen LogP contribution in [-0.4, -0.2) is 30.8 Å². The fraction of sp³-hybridized carbons (Fsp3) is 0.625. The molecule has 3 nitrogen and oxygen atoms in total. The summed E-state index contributed by atoms with van der Waals surface area (Å²) in [5.41, 5.74) is 2.75. The molecule has 0 amide bonds. The minimum absolute atomic E-state index is 0.219. The van der Waals surface area contributed by atoms with Crippen LogP contribution >= 0.6 is 0 Å². The summed E-state index contributed by atoms with van der Waals surface area (Å²) < 4.78 is 0. The molecule has 0 aromatic heterocycles. The van der Waals surface area contributed by atoms with Gasteiger partial charge in [0.15, 0.2) is 0 Å². The Labute approximate surface area is 116 Å². The normalized spacial score (nSPS) is 20.2. The Morgan fingerprint density at radius 1 is 1.42 bits per heavy atom. The van der Waals surface area contributed by atoms with E-state index >= 15 is 0 Å². The second-order valence-corrected chi connectivity index (χ2v) is 5.48. The molecule has 1 aromatic carbocycles. The molecule has 0 fully saturated rings. The van der Waals surface area contributed by atoms with Crippen molar-refractivity contribution in [3.63, 3.8) is 0 Å². The zero-order valence-corrected chi connectivity index (χ0v) is 12.1. The van der Waals surface area contributed by atoms with Crippen molar-refractivity contribution in [2.45, 2.75) is 45.3 Å². The number of fused-ring (bicyclic) bond motifs is 1. The Balaban J connectivity index is 2.10. The van der Waals surface area contributed by atoms with Gasteiger partial charge in [0, 0.05) is 24.8 Å². The highest BCUT2D eigenvalue weighted by atomic mass is 16.3. The Bertz CT molecular complexity index is 392. The molecule has 0 radical (unpaired) electrons. The lowest BCUT2D eigenvalue weighted by Gasteiger charge is -2.36. The second kappa shape index (κ2) is 6.92. The van der Waals surface area contributed by atoms with E-state index < -0.39 is 0 Å². The van der Waals surface area contributed by atoms with Crippen molar-refractivity contribution < 1.29 is 5.11 Å². The number of benzene rings is 1. The van der Waals surface area contributed by atoms with Gasteiger partial charge in [0.2, 0.25) is 0 Å². The van der Waals surface area contributed by atoms with Gasteiger partial charge in [0.25, 0.3) is 0 Å². The van der Waals surface area contributed by atoms with Crippen LogP contribution in [0.15, 0.2) is 24.3 Å². The molecule has 0 saturated heterocycles. The van der Waals surface area contributed by atoms with Gasteiger partial charge in [0.1, 0.15) is 0 Å². The van der Waals surface area contributed by atoms with Crippen molar-refractivity contribution in [1.29, 1.82) is 0 Å². The van der Waals surface area contributed by atoms with E-state index in [1.54, 1.807) is 0 Å². The number of hydrogen-bond acceptors (Lipinski definition) is 3. The van der Waals surface area contributed by atoms with E-state index in [9.17, 15) is 5.11 Å². The van der Waals surface area contributed by atoms with Crippen molar-refractivity contribution >= 4 is 5.69 Å². The maximum atomic E-state index is 9.46. The van der Waals surface area contributed by atoms with Crippen molar-refractivity contribution in [3.8, 4) is 0 Å². The monoisotopic (exact) mass is 262 g/mol. The van der Waals surface area contributed by atoms with Crippen molar-refractivity contribution in [3.05, 3.63) is 29.8 Å². The Kier molecular flexibility index (Phi) is 5.23. The third-order valence-corrected chi connectivity index (χ3v) is 3.80. The molecule has 1 aliphatic heterocycles. The molecular formula is C16H26N2O. The highest BCUT2D eigenvalue weighted by molar-refractivity contribution is 5.56. The largest absolute Gasteiger partial charge is 0.393 e. The van der Waals surface area contributed by atoms with Crippen LogP contribution in [0.1, 0.15) is 44.7 Å². The zero-order chi connectivity index (χ0) is 13.7. The van der Waals surface area contributed by atoms with Crippen LogP contribution in [0.4, 0.5) is 5.69 Å². The Morgan fingerprint density at radius 2 is 2.21 bits per heavy atom. The summed E-state index contributed by atoms with van der Waals surface area (Å²) in [6.07, 6.45) is 2.94. The van der Waals surface area contributed by atoms with Crippen molar-refractivity contribution in [2.24, 2.45) is 0 Å². The van der Waals surface area contributed by atoms with Gasteiger partial charge in [-0.05, 0) is 44.4 Å². The standard InChI is InChI=1S/C16H26N2O/c1-3-10-17-15-9-12-18(11-8-13(2)19)16-7-5-4-6-14(15)16/h4-7,13,15,17,19H,3,8-12H2,1-2H3. The fourth-order valence-electron chi connectivity index (χ4n) is 2.74. The third-order valence-electron chi connectivity index (χ3n) is 3.80. The second-order valence-electron chi connectivity index (χ2n) is 5.48. The number of hydrogen-bond donors (Lipinski definition) is 2. The van der Waals surface area contributed by atoms with Crippen LogP contribution < -0.4 is 10.2 Å². The van der Waals surface area contributed by atoms with Crippen LogP contribution in [0.5, 0.6) is 0 Å². The topological polar surface area (TPSA) is 35.5 Å². The number of aliphatic hydroxyl groups is 1. The van der Waals surface area contributed by atoms with Gasteiger partial charge in [-0.25, -0.2) is 0 Å². The lowest BCUT2D eigenvalue weighted by Crippen LogP contribution is -2.37. The molecule has 2 rings (SSSR count). The first kappa shape index (κ1) is 14.4. The van der Waals surface area contributed by atoms with Gasteiger partial charge in [-0.1, -0.05) is 25.1 Å². The van der Waals surface area contributed by atoms with Crippen LogP contribution in [0.2, 0.25) is 0 Å². The average molecular weight is 262 g/mol. The first-order valence-electron chi connectivity index (χ1n) is 7.47. The summed E-state index contributed by atoms with van der Waals surface area (Å²) in [4.78, 5) is 2.41. The van der Waals surface area contributed by atoms with Crippen molar-refractivity contribution in [2.75, 3.05) is 24.5 Å². The molecule has 2 unspecified atom stereocenters. The fourth-order valence-corrected chi connectivity index (χ4v) is 2.74. The van der Waals surface area contributed by atoms with Gasteiger partial charge in [0.05, 0.1) is 6.10 Å². The van der Waals surface area contributed by atoms with E-state index in [0.29, 0.717) is 6.04 Å². The number of para-hydroxylation sites is 1. The molecule has 2 N–H and O–H groups in total. The smallest absolute Gasteiger partial charge is 0.0528 e. The zero-order valence-electron chi connectivity index (χ0n) is 12.1. The van der Waals surface area contributed by atoms with Gasteiger partial charge < -0.3 is 15.3 Å². The van der Waals surface area contributed by atoms with E-state index in [1.165, 1.54) is 17.7 Å². The molecule has 3 heteroatoms. The van der Waals surface area contributed by atoms with Gasteiger partial charge in [-0.3, -0.25) is 0 Å². The first-order valence-corrected chi connectivity index (χ1v) is 7.47. The van der Waals surface area contributed by atoms with Crippen LogP contribution in [0.3, 0.4) is 0 Å². The number of nitrogens with zero attached hydrogens (tertiary/aromatic N) is 1. The summed E-state index contributed by atoms with van der Waals surface area (Å²) in [6, 6.07) is 9.15. The van der Waals surface area contributed by atoms with E-state index in [2.05, 4.69) is 41.4 Å². The summed E-state index contributed by atoms with van der Waals surface area (Å²) in [6.45, 7) is 7.16. The van der Waals surface area contributed by atoms with Gasteiger partial charge in [-0.15, -0.1) is 0 Å². The molecule has 1 heterocycles. The SMILES string of the molecule is CCCNC1CCN(CCC(C)O)c2ccccc21. The molecule has 2 atom stereocenters. The minimum atomic E-state index is -0.219. The molecule has 0 aliphatic carbocycles. The van der Waals surface area contributed by atoms with Crippen LogP contribution in [-0.2, 0) is 0 Å². The summed E-state index contributed by atoms with van der Waals surface area (Å²) in [5, 5.41) is 13.1. The molecule has 1 aliphatic rings. The van der Waals surface area contributed by atoms with E-state index in [1.807, 2.05) is 6.92 Å². The molecule has 0 bridgehead atoms. The Morgan fingerprint density at radius 3 is 2.95 bits per heavy atom. The number of nitrogens with one attached hydrogen (secondary N) is 1. The molecule has 0 saturated carbocycles. The molecule has 106 valence electrons. The lowest BCUT2D eigenvalue weighted by atomic mass is 9.96. The number of anilines is 1. The van der Waals surface area contributed by atoms with Crippen LogP contribution in [0.25, 0.3) is 0 Å². The van der Waals surface area contributed by atoms with Gasteiger partial charge >= 0.3 is 0 Å². The lowest BCUT2D eigenvalue weighted by molar-refractivity contribution is 0.186. The molecule has 19 heavy (non-hydrogen) atoms. The first-order chi connectivity index (χ1) is 9.22. The Hall–Kier alpha value is -1.06. The maximum absolute atomic E-state index is 9.46. The highest BCUT2D eigenvalue weighted by Crippen LogP contribution is 2.33. The third kappa shape index (κ3) is 3.71. The minimum Gasteiger partial charge on any atom is -0.393 e. The predicted octanol–water partition coefficient (Wildman–Crippen LogP) is 2.71. The quantitative estimate of drug-likeness (QED) is 0.827. The average Bonchev–Trinajstić information content (AvgIpc) is 2.43. The summed E-state index contributed by atoms with van der Waals surface area (Å²) in [5.74, 6) is 0. The summed E-state index contributed by atoms with van der Waals surface area (Å²) >= 11 is 0. The summed E-state index contributed by atoms with van der Waals surface area (Å²) in [7, 11) is 0. The molecular weight excluding hydrogens is 236 g/mol. The molecule has 1 aromatic rings. The number of aliphatic hydroxyl groups excluding tert-OH is 1. The predicted molar refractivity (Wildman–Crippen MR) is 80.6 cm³/mol. The highest BCUT2D eigenvalue weighted by Gasteiger charge is 2.23. The van der Waals surface area contributed by atoms with E-state index in [4.69, 9.17) is 0 Å². The van der Waals surface area contributed by atoms with Crippen molar-refractivity contribution in [1.82, 2.24) is 5.32 Å². The molecule has 0 spiro atoms. The van der Waals surface area contributed by atoms with Crippen LogP contribution in [0, 0.1) is 0 Å².